The summed E-state index contributed by atoms with van der Waals surface area (Å²) in [5.41, 5.74) is -2.83. The molecular weight excluding hydrogens is 1170 g/mol. The van der Waals surface area contributed by atoms with E-state index in [0.29, 0.717) is 0 Å². The standard InChI is InChI=1S/C62H72N4O23/c1-31-40(29-62(83)52(88-57(81)36-20-14-9-15-21-36)50-60(6,41(69)28-42-61(50,30-84-42)89-33(3)68)51(75)48(85-32(2)67)46(31)59(62,4)5)86-58(82)49(47(34-16-10-7-11-17-34)66-53(76)35-18-12-8-13-19-35)87-45(74)27-24-38(64-54(77)37(63)22-25-43(70)71)55(78)65-39(56(79)80)23-26-44(72)73/h7-21,37-42,47-50,52,69,83H,22-30,63H2,1-6H3,(H,64,77)(H,65,78)(H,66,76)(H,70,71)(H,72,73)(H,79,80)/t37-,38-,39-,40-,41-,42+,47-,48+,49+,50?,52-,60+,61-,62+/m0/s1. The predicted octanol–water partition coefficient (Wildman–Crippen LogP) is 2.18. The SMILES string of the molecule is CC(=O)O[C@H]1C(=O)[C@@]2(C)C([C@H](OC(=O)c3ccccc3)[C@]3(O)C[C@H](OC(=O)[C@H](OC(=O)CC[C@H](NC(=O)[C@@H](N)CCC(=O)O)C(=O)N[C@@H](CCC(=O)O)C(=O)O)[C@@H](NC(=O)c4ccccc4)c4ccccc4)C(C)=C1C3(C)C)[C@]1(OC(C)=O)CO[C@@H]1C[C@@H]2O. The Morgan fingerprint density at radius 2 is 1.27 bits per heavy atom. The van der Waals surface area contributed by atoms with E-state index >= 15 is 9.59 Å². The summed E-state index contributed by atoms with van der Waals surface area (Å²) in [7, 11) is 0. The highest BCUT2D eigenvalue weighted by atomic mass is 16.6. The number of hydrogen-bond donors (Lipinski definition) is 9. The number of nitrogens with one attached hydrogen (secondary N) is 3. The van der Waals surface area contributed by atoms with E-state index < -0.39 is 212 Å². The topological polar surface area (TPSA) is 423 Å². The molecule has 89 heavy (non-hydrogen) atoms. The monoisotopic (exact) mass is 1240 g/mol. The molecule has 478 valence electrons. The fraction of sp³-hybridized carbons (Fsp3) is 0.484. The number of ketones is 1. The van der Waals surface area contributed by atoms with E-state index in [4.69, 9.17) is 34.2 Å². The van der Waals surface area contributed by atoms with Crippen LogP contribution >= 0.6 is 0 Å². The van der Waals surface area contributed by atoms with Crippen molar-refractivity contribution in [2.75, 3.05) is 6.61 Å². The van der Waals surface area contributed by atoms with Gasteiger partial charge in [-0.05, 0) is 74.1 Å². The van der Waals surface area contributed by atoms with Crippen molar-refractivity contribution in [2.45, 2.75) is 165 Å². The third-order valence-corrected chi connectivity index (χ3v) is 17.3. The van der Waals surface area contributed by atoms with Crippen molar-refractivity contribution in [1.29, 1.82) is 0 Å². The first kappa shape index (κ1) is 67.6. The van der Waals surface area contributed by atoms with E-state index in [1.807, 2.05) is 0 Å². The van der Waals surface area contributed by atoms with Crippen molar-refractivity contribution >= 4 is 71.3 Å². The molecule has 3 fully saturated rings. The lowest BCUT2D eigenvalue weighted by atomic mass is 9.44. The minimum Gasteiger partial charge on any atom is -0.481 e. The number of amides is 3. The van der Waals surface area contributed by atoms with E-state index in [1.54, 1.807) is 30.3 Å². The first-order valence-corrected chi connectivity index (χ1v) is 28.6. The fourth-order valence-corrected chi connectivity index (χ4v) is 12.5. The summed E-state index contributed by atoms with van der Waals surface area (Å²) in [5, 5.41) is 61.8. The van der Waals surface area contributed by atoms with Gasteiger partial charge >= 0.3 is 47.8 Å². The summed E-state index contributed by atoms with van der Waals surface area (Å²) in [6.45, 7) is 7.27. The zero-order valence-electron chi connectivity index (χ0n) is 49.5. The van der Waals surface area contributed by atoms with Crippen LogP contribution in [0.2, 0.25) is 0 Å². The number of benzene rings is 3. The van der Waals surface area contributed by atoms with Crippen LogP contribution in [0.4, 0.5) is 0 Å². The number of carbonyl (C=O) groups is 12. The van der Waals surface area contributed by atoms with Gasteiger partial charge in [0, 0.05) is 56.9 Å². The predicted molar refractivity (Wildman–Crippen MR) is 304 cm³/mol. The van der Waals surface area contributed by atoms with Gasteiger partial charge < -0.3 is 75.6 Å². The van der Waals surface area contributed by atoms with Gasteiger partial charge in [-0.3, -0.25) is 43.2 Å². The van der Waals surface area contributed by atoms with Gasteiger partial charge in [0.05, 0.1) is 35.6 Å². The Morgan fingerprint density at radius 1 is 0.708 bits per heavy atom. The molecule has 0 aromatic heterocycles. The lowest BCUT2D eigenvalue weighted by molar-refractivity contribution is -0.346. The van der Waals surface area contributed by atoms with E-state index in [2.05, 4.69) is 16.0 Å². The minimum atomic E-state index is -2.64. The summed E-state index contributed by atoms with van der Waals surface area (Å²) in [6, 6.07) is 15.7. The molecule has 1 unspecified atom stereocenters. The number of Topliss-reactive ketones (excluding diaryl/α,β-unsaturated/α-hetero) is 1. The molecule has 3 aromatic carbocycles. The normalized spacial score (nSPS) is 26.5. The molecule has 3 aliphatic carbocycles. The maximum atomic E-state index is 15.9. The summed E-state index contributed by atoms with van der Waals surface area (Å²) >= 11 is 0. The number of ether oxygens (including phenoxy) is 6. The summed E-state index contributed by atoms with van der Waals surface area (Å²) in [6.07, 6.45) is -16.2. The molecule has 2 bridgehead atoms. The number of carbonyl (C=O) groups excluding carboxylic acids is 9. The Morgan fingerprint density at radius 3 is 1.82 bits per heavy atom. The molecule has 1 heterocycles. The Labute approximate surface area is 509 Å². The maximum Gasteiger partial charge on any atom is 0.350 e. The van der Waals surface area contributed by atoms with Crippen molar-refractivity contribution in [1.82, 2.24) is 16.0 Å². The number of aliphatic hydroxyl groups excluding tert-OH is 1. The molecule has 27 heteroatoms. The van der Waals surface area contributed by atoms with Crippen LogP contribution in [0.25, 0.3) is 0 Å². The second kappa shape index (κ2) is 27.6. The average Bonchev–Trinajstić information content (AvgIpc) is 0.671. The van der Waals surface area contributed by atoms with E-state index in [9.17, 15) is 73.5 Å². The van der Waals surface area contributed by atoms with Crippen LogP contribution in [-0.2, 0) is 76.4 Å². The van der Waals surface area contributed by atoms with Crippen LogP contribution in [0.5, 0.6) is 0 Å². The molecule has 3 aromatic rings. The number of rotatable bonds is 25. The molecule has 2 saturated carbocycles. The van der Waals surface area contributed by atoms with Gasteiger partial charge in [-0.1, -0.05) is 80.6 Å². The second-order valence-electron chi connectivity index (χ2n) is 23.3. The molecule has 0 spiro atoms. The molecule has 3 amide bonds. The average molecular weight is 1240 g/mol. The first-order valence-electron chi connectivity index (χ1n) is 28.6. The lowest BCUT2D eigenvalue weighted by Gasteiger charge is -2.67. The van der Waals surface area contributed by atoms with Crippen LogP contribution in [0.3, 0.4) is 0 Å². The third-order valence-electron chi connectivity index (χ3n) is 17.3. The molecule has 7 rings (SSSR count). The fourth-order valence-electron chi connectivity index (χ4n) is 12.5. The summed E-state index contributed by atoms with van der Waals surface area (Å²) in [5.74, 6) is -16.1. The Hall–Kier alpha value is -8.92. The molecule has 4 aliphatic rings. The van der Waals surface area contributed by atoms with Gasteiger partial charge in [0.15, 0.2) is 17.5 Å². The van der Waals surface area contributed by atoms with E-state index in [-0.39, 0.29) is 34.3 Å². The summed E-state index contributed by atoms with van der Waals surface area (Å²) < 4.78 is 36.8. The van der Waals surface area contributed by atoms with Crippen molar-refractivity contribution in [3.05, 3.63) is 119 Å². The van der Waals surface area contributed by atoms with Crippen molar-refractivity contribution in [2.24, 2.45) is 22.5 Å². The third kappa shape index (κ3) is 14.3. The van der Waals surface area contributed by atoms with Gasteiger partial charge in [0.1, 0.15) is 42.0 Å². The number of aliphatic carboxylic acids is 3. The lowest BCUT2D eigenvalue weighted by Crippen LogP contribution is -2.82. The van der Waals surface area contributed by atoms with Gasteiger partial charge in [-0.2, -0.15) is 0 Å². The highest BCUT2D eigenvalue weighted by Crippen LogP contribution is 2.64. The van der Waals surface area contributed by atoms with Gasteiger partial charge in [0.25, 0.3) is 5.91 Å². The molecule has 0 radical (unpaired) electrons. The zero-order valence-corrected chi connectivity index (χ0v) is 49.5. The van der Waals surface area contributed by atoms with Crippen LogP contribution in [-0.4, -0.2) is 169 Å². The van der Waals surface area contributed by atoms with Gasteiger partial charge in [-0.15, -0.1) is 0 Å². The van der Waals surface area contributed by atoms with Gasteiger partial charge in [-0.25, -0.2) is 14.4 Å². The van der Waals surface area contributed by atoms with Crippen LogP contribution < -0.4 is 21.7 Å². The molecule has 10 N–H and O–H groups in total. The second-order valence-corrected chi connectivity index (χ2v) is 23.3. The quantitative estimate of drug-likeness (QED) is 0.0333. The Bertz CT molecular complexity index is 3270. The smallest absolute Gasteiger partial charge is 0.350 e. The molecular formula is C62H72N4O23. The number of nitrogens with two attached hydrogens (primary N) is 1. The van der Waals surface area contributed by atoms with Gasteiger partial charge in [0.2, 0.25) is 17.9 Å². The molecule has 1 aliphatic heterocycles. The summed E-state index contributed by atoms with van der Waals surface area (Å²) in [4.78, 5) is 164. The van der Waals surface area contributed by atoms with Crippen LogP contribution in [0, 0.1) is 16.7 Å². The van der Waals surface area contributed by atoms with E-state index in [0.717, 1.165) is 13.8 Å². The number of fused-ring (bicyclic) bond motifs is 5. The van der Waals surface area contributed by atoms with Crippen molar-refractivity contribution in [3.63, 3.8) is 0 Å². The number of carboxylic acids is 3. The highest BCUT2D eigenvalue weighted by molar-refractivity contribution is 5.97. The maximum absolute atomic E-state index is 15.9. The zero-order chi connectivity index (χ0) is 65.5. The highest BCUT2D eigenvalue weighted by Gasteiger charge is 2.78. The number of carboxylic acid groups (broad SMARTS) is 3. The van der Waals surface area contributed by atoms with Crippen LogP contribution in [0.15, 0.2) is 102 Å². The number of aliphatic hydroxyl groups is 2. The van der Waals surface area contributed by atoms with Crippen LogP contribution in [0.1, 0.15) is 125 Å². The van der Waals surface area contributed by atoms with E-state index in [1.165, 1.54) is 88.4 Å². The number of esters is 5. The van der Waals surface area contributed by atoms with Crippen molar-refractivity contribution < 1.29 is 111 Å². The first-order chi connectivity index (χ1) is 41.9. The molecule has 27 nitrogen and oxygen atoms in total. The Balaban J connectivity index is 1.36. The number of hydrogen-bond acceptors (Lipinski definition) is 21. The molecule has 14 atom stereocenters. The van der Waals surface area contributed by atoms with Crippen molar-refractivity contribution in [3.8, 4) is 0 Å². The minimum absolute atomic E-state index is 0.0310. The molecule has 1 saturated heterocycles. The Kier molecular flexibility index (Phi) is 21.0. The largest absolute Gasteiger partial charge is 0.481 e.